The van der Waals surface area contributed by atoms with Crippen LogP contribution in [0.25, 0.3) is 0 Å². The highest BCUT2D eigenvalue weighted by Gasteiger charge is 2.32. The summed E-state index contributed by atoms with van der Waals surface area (Å²) in [6.45, 7) is 3.34. The number of carbonyl (C=O) groups excluding carboxylic acids is 2. The third-order valence-corrected chi connectivity index (χ3v) is 7.75. The number of halogens is 2. The van der Waals surface area contributed by atoms with Crippen LogP contribution in [-0.2, 0) is 26.2 Å². The van der Waals surface area contributed by atoms with Gasteiger partial charge in [-0.2, -0.15) is 0 Å². The number of amides is 2. The van der Waals surface area contributed by atoms with Gasteiger partial charge in [-0.25, -0.2) is 12.8 Å². The van der Waals surface area contributed by atoms with E-state index in [4.69, 9.17) is 11.6 Å². The normalized spacial score (nSPS) is 12.0. The van der Waals surface area contributed by atoms with E-state index in [-0.39, 0.29) is 23.0 Å². The molecule has 0 spiro atoms. The summed E-state index contributed by atoms with van der Waals surface area (Å²) in [5, 5.41) is 3.18. The van der Waals surface area contributed by atoms with Crippen molar-refractivity contribution in [3.8, 4) is 0 Å². The third kappa shape index (κ3) is 7.30. The van der Waals surface area contributed by atoms with E-state index in [0.29, 0.717) is 23.6 Å². The molecular formula is C27H29ClFN3O4S. The Balaban J connectivity index is 1.99. The molecule has 1 unspecified atom stereocenters. The van der Waals surface area contributed by atoms with Crippen molar-refractivity contribution in [1.29, 1.82) is 0 Å². The zero-order valence-corrected chi connectivity index (χ0v) is 22.2. The summed E-state index contributed by atoms with van der Waals surface area (Å²) in [6, 6.07) is 18.5. The Hall–Kier alpha value is -3.43. The van der Waals surface area contributed by atoms with Gasteiger partial charge in [-0.15, -0.1) is 0 Å². The molecule has 3 aromatic carbocycles. The van der Waals surface area contributed by atoms with Crippen LogP contribution >= 0.6 is 11.6 Å². The molecule has 0 fully saturated rings. The number of carbonyl (C=O) groups is 2. The fourth-order valence-electron chi connectivity index (χ4n) is 3.62. The number of nitrogens with one attached hydrogen (secondary N) is 1. The van der Waals surface area contributed by atoms with Gasteiger partial charge in [0, 0.05) is 18.1 Å². The lowest BCUT2D eigenvalue weighted by Gasteiger charge is -2.32. The second-order valence-corrected chi connectivity index (χ2v) is 10.7. The van der Waals surface area contributed by atoms with E-state index in [9.17, 15) is 22.4 Å². The van der Waals surface area contributed by atoms with E-state index in [1.165, 1.54) is 65.6 Å². The third-order valence-electron chi connectivity index (χ3n) is 5.71. The van der Waals surface area contributed by atoms with Crippen molar-refractivity contribution < 1.29 is 22.4 Å². The van der Waals surface area contributed by atoms with Crippen LogP contribution in [-0.4, -0.2) is 44.3 Å². The molecule has 0 saturated carbocycles. The quantitative estimate of drug-likeness (QED) is 0.381. The first-order valence-electron chi connectivity index (χ1n) is 11.8. The Bertz CT molecular complexity index is 1300. The largest absolute Gasteiger partial charge is 0.354 e. The standard InChI is InChI=1S/C27H29ClFN3O4S/c1-3-17-30-27(34)20(2)31(18-21-9-13-23(29)14-10-21)26(33)19-32(24-15-11-22(28)12-16-24)37(35,36)25-7-5-4-6-8-25/h4-16,20H,3,17-19H2,1-2H3,(H,30,34). The van der Waals surface area contributed by atoms with Gasteiger partial charge in [0.1, 0.15) is 18.4 Å². The fourth-order valence-corrected chi connectivity index (χ4v) is 5.18. The molecule has 37 heavy (non-hydrogen) atoms. The Labute approximate surface area is 221 Å². The molecular weight excluding hydrogens is 517 g/mol. The van der Waals surface area contributed by atoms with Gasteiger partial charge in [-0.05, 0) is 67.4 Å². The molecule has 0 aliphatic heterocycles. The summed E-state index contributed by atoms with van der Waals surface area (Å²) in [5.74, 6) is -1.41. The molecule has 3 aromatic rings. The predicted octanol–water partition coefficient (Wildman–Crippen LogP) is 4.62. The van der Waals surface area contributed by atoms with Crippen molar-refractivity contribution >= 4 is 39.1 Å². The van der Waals surface area contributed by atoms with Gasteiger partial charge in [0.05, 0.1) is 10.6 Å². The highest BCUT2D eigenvalue weighted by Crippen LogP contribution is 2.26. The lowest BCUT2D eigenvalue weighted by atomic mass is 10.1. The summed E-state index contributed by atoms with van der Waals surface area (Å²) in [7, 11) is -4.14. The van der Waals surface area contributed by atoms with Gasteiger partial charge in [0.25, 0.3) is 10.0 Å². The summed E-state index contributed by atoms with van der Waals surface area (Å²) >= 11 is 6.01. The molecule has 0 aliphatic rings. The summed E-state index contributed by atoms with van der Waals surface area (Å²) in [4.78, 5) is 27.8. The minimum absolute atomic E-state index is 0.0107. The van der Waals surface area contributed by atoms with Crippen molar-refractivity contribution in [2.45, 2.75) is 37.8 Å². The summed E-state index contributed by atoms with van der Waals surface area (Å²) in [6.07, 6.45) is 0.712. The number of sulfonamides is 1. The van der Waals surface area contributed by atoms with E-state index >= 15 is 0 Å². The van der Waals surface area contributed by atoms with E-state index in [2.05, 4.69) is 5.32 Å². The Kier molecular flexibility index (Phi) is 9.66. The maximum absolute atomic E-state index is 13.7. The smallest absolute Gasteiger partial charge is 0.264 e. The van der Waals surface area contributed by atoms with Gasteiger partial charge in [0.2, 0.25) is 11.8 Å². The first kappa shape index (κ1) is 28.1. The Morgan fingerprint density at radius 1 is 0.973 bits per heavy atom. The van der Waals surface area contributed by atoms with Crippen molar-refractivity contribution in [2.24, 2.45) is 0 Å². The molecule has 3 rings (SSSR count). The van der Waals surface area contributed by atoms with Crippen molar-refractivity contribution in [2.75, 3.05) is 17.4 Å². The van der Waals surface area contributed by atoms with Crippen LogP contribution in [0.1, 0.15) is 25.8 Å². The Morgan fingerprint density at radius 3 is 2.19 bits per heavy atom. The SMILES string of the molecule is CCCNC(=O)C(C)N(Cc1ccc(F)cc1)C(=O)CN(c1ccc(Cl)cc1)S(=O)(=O)c1ccccc1. The van der Waals surface area contributed by atoms with E-state index < -0.39 is 34.3 Å². The monoisotopic (exact) mass is 545 g/mol. The second-order valence-electron chi connectivity index (χ2n) is 8.42. The zero-order chi connectivity index (χ0) is 27.0. The molecule has 10 heteroatoms. The number of rotatable bonds is 11. The lowest BCUT2D eigenvalue weighted by molar-refractivity contribution is -0.139. The molecule has 196 valence electrons. The number of hydrogen-bond acceptors (Lipinski definition) is 4. The maximum Gasteiger partial charge on any atom is 0.264 e. The molecule has 0 saturated heterocycles. The first-order valence-corrected chi connectivity index (χ1v) is 13.6. The van der Waals surface area contributed by atoms with Crippen molar-refractivity contribution in [3.05, 3.63) is 95.3 Å². The Morgan fingerprint density at radius 2 is 1.59 bits per heavy atom. The number of hydrogen-bond donors (Lipinski definition) is 1. The van der Waals surface area contributed by atoms with Crippen molar-refractivity contribution in [1.82, 2.24) is 10.2 Å². The minimum atomic E-state index is -4.14. The van der Waals surface area contributed by atoms with Gasteiger partial charge >= 0.3 is 0 Å². The van der Waals surface area contributed by atoms with E-state index in [0.717, 1.165) is 4.31 Å². The van der Waals surface area contributed by atoms with Gasteiger partial charge in [-0.3, -0.25) is 13.9 Å². The van der Waals surface area contributed by atoms with E-state index in [1.54, 1.807) is 25.1 Å². The second kappa shape index (κ2) is 12.7. The average Bonchev–Trinajstić information content (AvgIpc) is 2.90. The topological polar surface area (TPSA) is 86.8 Å². The minimum Gasteiger partial charge on any atom is -0.354 e. The molecule has 0 radical (unpaired) electrons. The lowest BCUT2D eigenvalue weighted by Crippen LogP contribution is -2.51. The van der Waals surface area contributed by atoms with Crippen LogP contribution in [0.5, 0.6) is 0 Å². The van der Waals surface area contributed by atoms with Gasteiger partial charge in [-0.1, -0.05) is 48.9 Å². The van der Waals surface area contributed by atoms with Crippen LogP contribution < -0.4 is 9.62 Å². The number of nitrogens with zero attached hydrogens (tertiary/aromatic N) is 2. The summed E-state index contributed by atoms with van der Waals surface area (Å²) in [5.41, 5.74) is 0.834. The van der Waals surface area contributed by atoms with Crippen LogP contribution in [0.4, 0.5) is 10.1 Å². The van der Waals surface area contributed by atoms with Gasteiger partial charge in [0.15, 0.2) is 0 Å². The van der Waals surface area contributed by atoms with Crippen LogP contribution in [0.3, 0.4) is 0 Å². The highest BCUT2D eigenvalue weighted by molar-refractivity contribution is 7.92. The first-order chi connectivity index (χ1) is 17.6. The molecule has 0 aromatic heterocycles. The molecule has 1 N–H and O–H groups in total. The van der Waals surface area contributed by atoms with Crippen LogP contribution in [0.2, 0.25) is 5.02 Å². The molecule has 0 bridgehead atoms. The molecule has 7 nitrogen and oxygen atoms in total. The van der Waals surface area contributed by atoms with Crippen molar-refractivity contribution in [3.63, 3.8) is 0 Å². The molecule has 2 amide bonds. The van der Waals surface area contributed by atoms with Crippen LogP contribution in [0, 0.1) is 5.82 Å². The fraction of sp³-hybridized carbons (Fsp3) is 0.259. The predicted molar refractivity (Wildman–Crippen MR) is 142 cm³/mol. The summed E-state index contributed by atoms with van der Waals surface area (Å²) < 4.78 is 41.7. The van der Waals surface area contributed by atoms with Crippen LogP contribution in [0.15, 0.2) is 83.8 Å². The average molecular weight is 546 g/mol. The van der Waals surface area contributed by atoms with E-state index in [1.807, 2.05) is 6.92 Å². The number of benzene rings is 3. The van der Waals surface area contributed by atoms with Gasteiger partial charge < -0.3 is 10.2 Å². The zero-order valence-electron chi connectivity index (χ0n) is 20.6. The molecule has 1 atom stereocenters. The number of anilines is 1. The molecule has 0 aliphatic carbocycles. The highest BCUT2D eigenvalue weighted by atomic mass is 35.5. The maximum atomic E-state index is 13.7. The molecule has 0 heterocycles.